The van der Waals surface area contributed by atoms with Crippen LogP contribution >= 0.6 is 23.4 Å². The highest BCUT2D eigenvalue weighted by atomic mass is 35.5. The van der Waals surface area contributed by atoms with E-state index in [9.17, 15) is 18.0 Å². The van der Waals surface area contributed by atoms with E-state index >= 15 is 0 Å². The van der Waals surface area contributed by atoms with Crippen molar-refractivity contribution < 1.29 is 22.7 Å². The Hall–Kier alpha value is -2.64. The van der Waals surface area contributed by atoms with E-state index in [2.05, 4.69) is 5.32 Å². The summed E-state index contributed by atoms with van der Waals surface area (Å²) in [6.45, 7) is 0.496. The number of ether oxygens (including phenoxy) is 1. The number of alkyl halides is 3. The number of carbonyl (C=O) groups excluding carboxylic acids is 1. The monoisotopic (exact) mass is 451 g/mol. The zero-order valence-corrected chi connectivity index (χ0v) is 17.2. The first kappa shape index (κ1) is 22.1. The smallest absolute Gasteiger partial charge is 0.417 e. The van der Waals surface area contributed by atoms with Crippen molar-refractivity contribution in [2.75, 3.05) is 17.7 Å². The maximum atomic E-state index is 12.9. The average Bonchev–Trinajstić information content (AvgIpc) is 2.73. The van der Waals surface area contributed by atoms with Gasteiger partial charge in [0.1, 0.15) is 5.75 Å². The van der Waals surface area contributed by atoms with Gasteiger partial charge >= 0.3 is 6.18 Å². The lowest BCUT2D eigenvalue weighted by molar-refractivity contribution is -0.137. The Kier molecular flexibility index (Phi) is 7.29. The number of carbonyl (C=O) groups is 1. The standard InChI is InChI=1S/C22H17ClF3NO2S/c23-20-11-8-16(14-19(20)22(24,25)26)27-21(28)15-6-9-17(10-7-15)29-12-13-30-18-4-2-1-3-5-18/h1-11,14H,12-13H2,(H,27,28). The lowest BCUT2D eigenvalue weighted by Gasteiger charge is -2.12. The summed E-state index contributed by atoms with van der Waals surface area (Å²) in [7, 11) is 0. The lowest BCUT2D eigenvalue weighted by Crippen LogP contribution is -2.13. The molecule has 0 aliphatic rings. The minimum absolute atomic E-state index is 0.00925. The van der Waals surface area contributed by atoms with E-state index in [1.807, 2.05) is 30.3 Å². The maximum absolute atomic E-state index is 12.9. The summed E-state index contributed by atoms with van der Waals surface area (Å²) in [4.78, 5) is 13.5. The van der Waals surface area contributed by atoms with Crippen LogP contribution in [0.25, 0.3) is 0 Å². The molecule has 156 valence electrons. The van der Waals surface area contributed by atoms with Crippen LogP contribution in [0, 0.1) is 0 Å². The van der Waals surface area contributed by atoms with Crippen LogP contribution in [0.15, 0.2) is 77.7 Å². The van der Waals surface area contributed by atoms with Crippen LogP contribution in [0.1, 0.15) is 15.9 Å². The highest BCUT2D eigenvalue weighted by Gasteiger charge is 2.33. The second-order valence-electron chi connectivity index (χ2n) is 6.18. The van der Waals surface area contributed by atoms with E-state index in [1.54, 1.807) is 36.0 Å². The minimum atomic E-state index is -4.60. The molecule has 0 saturated carbocycles. The Bertz CT molecular complexity index is 996. The van der Waals surface area contributed by atoms with Crippen molar-refractivity contribution in [1.82, 2.24) is 0 Å². The van der Waals surface area contributed by atoms with Crippen LogP contribution in [0.4, 0.5) is 18.9 Å². The van der Waals surface area contributed by atoms with Gasteiger partial charge in [0, 0.05) is 21.9 Å². The van der Waals surface area contributed by atoms with Crippen molar-refractivity contribution in [3.63, 3.8) is 0 Å². The van der Waals surface area contributed by atoms with Gasteiger partial charge in [-0.2, -0.15) is 13.2 Å². The Morgan fingerprint density at radius 2 is 1.70 bits per heavy atom. The van der Waals surface area contributed by atoms with Crippen LogP contribution in [0.3, 0.4) is 0 Å². The Morgan fingerprint density at radius 1 is 1.00 bits per heavy atom. The molecule has 0 saturated heterocycles. The van der Waals surface area contributed by atoms with Crippen LogP contribution in [-0.4, -0.2) is 18.3 Å². The summed E-state index contributed by atoms with van der Waals surface area (Å²) in [6, 6.07) is 19.6. The summed E-state index contributed by atoms with van der Waals surface area (Å²) >= 11 is 7.26. The molecule has 0 aliphatic heterocycles. The molecular weight excluding hydrogens is 435 g/mol. The number of thioether (sulfide) groups is 1. The van der Waals surface area contributed by atoms with E-state index < -0.39 is 22.7 Å². The normalized spacial score (nSPS) is 11.2. The van der Waals surface area contributed by atoms with Gasteiger partial charge in [0.2, 0.25) is 0 Å². The molecule has 3 nitrogen and oxygen atoms in total. The van der Waals surface area contributed by atoms with Crippen molar-refractivity contribution in [2.45, 2.75) is 11.1 Å². The van der Waals surface area contributed by atoms with Gasteiger partial charge in [0.25, 0.3) is 5.91 Å². The second kappa shape index (κ2) is 9.91. The number of nitrogens with one attached hydrogen (secondary N) is 1. The number of halogens is 4. The molecule has 0 radical (unpaired) electrons. The Balaban J connectivity index is 1.54. The van der Waals surface area contributed by atoms with E-state index in [4.69, 9.17) is 16.3 Å². The molecule has 30 heavy (non-hydrogen) atoms. The average molecular weight is 452 g/mol. The first-order chi connectivity index (χ1) is 14.3. The molecule has 1 amide bonds. The third-order valence-corrected chi connectivity index (χ3v) is 5.32. The molecule has 0 aliphatic carbocycles. The quantitative estimate of drug-likeness (QED) is 0.318. The zero-order chi connectivity index (χ0) is 21.6. The van der Waals surface area contributed by atoms with Crippen molar-refractivity contribution in [1.29, 1.82) is 0 Å². The molecule has 0 unspecified atom stereocenters. The van der Waals surface area contributed by atoms with Gasteiger partial charge in [-0.15, -0.1) is 11.8 Å². The highest BCUT2D eigenvalue weighted by Crippen LogP contribution is 2.36. The number of rotatable bonds is 7. The summed E-state index contributed by atoms with van der Waals surface area (Å²) in [5.41, 5.74) is -0.696. The molecule has 1 N–H and O–H groups in total. The van der Waals surface area contributed by atoms with Crippen molar-refractivity contribution in [3.05, 3.63) is 88.9 Å². The summed E-state index contributed by atoms with van der Waals surface area (Å²) in [6.07, 6.45) is -4.60. The van der Waals surface area contributed by atoms with Crippen molar-refractivity contribution >= 4 is 35.0 Å². The molecule has 0 heterocycles. The molecule has 0 atom stereocenters. The van der Waals surface area contributed by atoms with Crippen molar-refractivity contribution in [3.8, 4) is 5.75 Å². The van der Waals surface area contributed by atoms with E-state index in [0.717, 1.165) is 22.8 Å². The van der Waals surface area contributed by atoms with Crippen LogP contribution < -0.4 is 10.1 Å². The van der Waals surface area contributed by atoms with Crippen LogP contribution in [0.5, 0.6) is 5.75 Å². The summed E-state index contributed by atoms with van der Waals surface area (Å²) < 4.78 is 44.5. The summed E-state index contributed by atoms with van der Waals surface area (Å²) in [5.74, 6) is 0.840. The fourth-order valence-electron chi connectivity index (χ4n) is 2.56. The van der Waals surface area contributed by atoms with Gasteiger partial charge in [-0.3, -0.25) is 4.79 Å². The molecule has 3 rings (SSSR count). The van der Waals surface area contributed by atoms with E-state index in [0.29, 0.717) is 17.9 Å². The first-order valence-electron chi connectivity index (χ1n) is 8.92. The zero-order valence-electron chi connectivity index (χ0n) is 15.6. The Labute approximate surface area is 181 Å². The van der Waals surface area contributed by atoms with E-state index in [-0.39, 0.29) is 5.69 Å². The van der Waals surface area contributed by atoms with Gasteiger partial charge in [-0.1, -0.05) is 29.8 Å². The summed E-state index contributed by atoms with van der Waals surface area (Å²) in [5, 5.41) is 2.02. The maximum Gasteiger partial charge on any atom is 0.417 e. The van der Waals surface area contributed by atoms with Gasteiger partial charge in [-0.05, 0) is 54.6 Å². The van der Waals surface area contributed by atoms with Gasteiger partial charge in [0.15, 0.2) is 0 Å². The molecule has 8 heteroatoms. The molecule has 0 spiro atoms. The second-order valence-corrected chi connectivity index (χ2v) is 7.76. The third-order valence-electron chi connectivity index (χ3n) is 4.01. The minimum Gasteiger partial charge on any atom is -0.493 e. The fraction of sp³-hybridized carbons (Fsp3) is 0.136. The van der Waals surface area contributed by atoms with Gasteiger partial charge < -0.3 is 10.1 Å². The van der Waals surface area contributed by atoms with Gasteiger partial charge in [0.05, 0.1) is 17.2 Å². The lowest BCUT2D eigenvalue weighted by atomic mass is 10.1. The molecule has 0 aromatic heterocycles. The highest BCUT2D eigenvalue weighted by molar-refractivity contribution is 7.99. The third kappa shape index (κ3) is 6.18. The SMILES string of the molecule is O=C(Nc1ccc(Cl)c(C(F)(F)F)c1)c1ccc(OCCSc2ccccc2)cc1. The number of hydrogen-bond acceptors (Lipinski definition) is 3. The number of anilines is 1. The first-order valence-corrected chi connectivity index (χ1v) is 10.3. The predicted molar refractivity (Wildman–Crippen MR) is 114 cm³/mol. The number of amides is 1. The number of benzene rings is 3. The van der Waals surface area contributed by atoms with Crippen LogP contribution in [-0.2, 0) is 6.18 Å². The largest absolute Gasteiger partial charge is 0.493 e. The van der Waals surface area contributed by atoms with Crippen molar-refractivity contribution in [2.24, 2.45) is 0 Å². The molecule has 0 bridgehead atoms. The molecular formula is C22H17ClF3NO2S. The number of hydrogen-bond donors (Lipinski definition) is 1. The van der Waals surface area contributed by atoms with E-state index in [1.165, 1.54) is 6.07 Å². The predicted octanol–water partition coefficient (Wildman–Crippen LogP) is 6.78. The fourth-order valence-corrected chi connectivity index (χ4v) is 3.54. The molecule has 3 aromatic rings. The van der Waals surface area contributed by atoms with Gasteiger partial charge in [-0.25, -0.2) is 0 Å². The Morgan fingerprint density at radius 3 is 2.37 bits per heavy atom. The molecule has 0 fully saturated rings. The topological polar surface area (TPSA) is 38.3 Å². The van der Waals surface area contributed by atoms with Crippen LogP contribution in [0.2, 0.25) is 5.02 Å². The molecule has 3 aromatic carbocycles.